The lowest BCUT2D eigenvalue weighted by molar-refractivity contribution is -0.133. The summed E-state index contributed by atoms with van der Waals surface area (Å²) in [5.74, 6) is 2.13. The molecule has 7 heteroatoms. The smallest absolute Gasteiger partial charge is 0.236 e. The highest BCUT2D eigenvalue weighted by Crippen LogP contribution is 2.33. The van der Waals surface area contributed by atoms with Gasteiger partial charge in [0.2, 0.25) is 11.8 Å². The number of likely N-dealkylation sites (tertiary alicyclic amines) is 1. The van der Waals surface area contributed by atoms with E-state index in [1.54, 1.807) is 0 Å². The van der Waals surface area contributed by atoms with Gasteiger partial charge in [-0.3, -0.25) is 19.4 Å². The molecular weight excluding hydrogens is 414 g/mol. The second-order valence-electron chi connectivity index (χ2n) is 9.05. The molecule has 0 aliphatic carbocycles. The van der Waals surface area contributed by atoms with Crippen molar-refractivity contribution in [2.75, 3.05) is 37.6 Å². The molecule has 1 aromatic carbocycles. The van der Waals surface area contributed by atoms with Gasteiger partial charge in [-0.25, -0.2) is 9.97 Å². The van der Waals surface area contributed by atoms with Crippen molar-refractivity contribution in [3.05, 3.63) is 53.0 Å². The highest BCUT2D eigenvalue weighted by molar-refractivity contribution is 5.95. The number of anilines is 1. The van der Waals surface area contributed by atoms with Crippen LogP contribution in [-0.2, 0) is 22.6 Å². The molecule has 7 nitrogen and oxygen atoms in total. The molecule has 0 saturated carbocycles. The van der Waals surface area contributed by atoms with Crippen LogP contribution in [0.15, 0.2) is 30.3 Å². The second-order valence-corrected chi connectivity index (χ2v) is 9.05. The number of carbonyl (C=O) groups excluding carboxylic acids is 2. The summed E-state index contributed by atoms with van der Waals surface area (Å²) in [6.45, 7) is 10.5. The Labute approximate surface area is 196 Å². The van der Waals surface area contributed by atoms with Crippen LogP contribution in [0.4, 0.5) is 5.82 Å². The van der Waals surface area contributed by atoms with Crippen molar-refractivity contribution >= 4 is 17.6 Å². The number of aryl methyl sites for hydroxylation is 1. The van der Waals surface area contributed by atoms with Crippen molar-refractivity contribution in [1.29, 1.82) is 0 Å². The first-order valence-electron chi connectivity index (χ1n) is 12.2. The van der Waals surface area contributed by atoms with E-state index in [2.05, 4.69) is 18.7 Å². The molecule has 2 aromatic rings. The lowest BCUT2D eigenvalue weighted by atomic mass is 9.94. The minimum absolute atomic E-state index is 0.118. The zero-order valence-electron chi connectivity index (χ0n) is 20.1. The highest BCUT2D eigenvalue weighted by atomic mass is 16.2. The Morgan fingerprint density at radius 3 is 2.42 bits per heavy atom. The fourth-order valence-corrected chi connectivity index (χ4v) is 4.84. The quantitative estimate of drug-likeness (QED) is 0.649. The number of benzene rings is 1. The summed E-state index contributed by atoms with van der Waals surface area (Å²) < 4.78 is 0. The van der Waals surface area contributed by atoms with Crippen LogP contribution in [-0.4, -0.2) is 64.3 Å². The molecule has 2 aliphatic heterocycles. The van der Waals surface area contributed by atoms with Gasteiger partial charge in [0.15, 0.2) is 0 Å². The van der Waals surface area contributed by atoms with E-state index in [1.165, 1.54) is 0 Å². The Morgan fingerprint density at radius 1 is 1.06 bits per heavy atom. The summed E-state index contributed by atoms with van der Waals surface area (Å²) >= 11 is 0. The molecule has 33 heavy (non-hydrogen) atoms. The van der Waals surface area contributed by atoms with Gasteiger partial charge in [0.1, 0.15) is 11.6 Å². The average molecular weight is 450 g/mol. The van der Waals surface area contributed by atoms with E-state index in [4.69, 9.17) is 9.97 Å². The predicted molar refractivity (Wildman–Crippen MR) is 129 cm³/mol. The van der Waals surface area contributed by atoms with E-state index in [0.717, 1.165) is 67.5 Å². The van der Waals surface area contributed by atoms with Gasteiger partial charge in [-0.05, 0) is 44.8 Å². The number of aromatic nitrogens is 2. The highest BCUT2D eigenvalue weighted by Gasteiger charge is 2.31. The zero-order valence-corrected chi connectivity index (χ0v) is 20.1. The molecule has 176 valence electrons. The monoisotopic (exact) mass is 449 g/mol. The third-order valence-corrected chi connectivity index (χ3v) is 7.00. The predicted octanol–water partition coefficient (Wildman–Crippen LogP) is 3.31. The lowest BCUT2D eigenvalue weighted by Gasteiger charge is -2.34. The number of rotatable bonds is 7. The first kappa shape index (κ1) is 23.4. The number of fused-ring (bicyclic) bond motifs is 1. The minimum atomic E-state index is 0.118. The summed E-state index contributed by atoms with van der Waals surface area (Å²) in [6.07, 6.45) is 2.91. The van der Waals surface area contributed by atoms with E-state index in [1.807, 2.05) is 47.1 Å². The second kappa shape index (κ2) is 10.4. The molecule has 3 heterocycles. The number of hydrogen-bond donors (Lipinski definition) is 0. The molecule has 1 aromatic heterocycles. The molecule has 0 atom stereocenters. The van der Waals surface area contributed by atoms with Gasteiger partial charge in [-0.2, -0.15) is 0 Å². The number of likely N-dealkylation sites (N-methyl/N-ethyl adjacent to an activating group) is 1. The van der Waals surface area contributed by atoms with Crippen molar-refractivity contribution in [3.8, 4) is 0 Å². The molecule has 0 bridgehead atoms. The van der Waals surface area contributed by atoms with Crippen molar-refractivity contribution in [2.24, 2.45) is 0 Å². The van der Waals surface area contributed by atoms with E-state index in [-0.39, 0.29) is 17.7 Å². The third-order valence-electron chi connectivity index (χ3n) is 7.00. The number of hydrogen-bond acceptors (Lipinski definition) is 5. The largest absolute Gasteiger partial charge is 0.342 e. The standard InChI is InChI=1S/C26H35N5O2/c1-4-29(5-2)18-24(33)30-15-13-21(14-16-30)25-27-19(3)22-11-12-23(32)31(26(22)28-25)17-20-9-7-6-8-10-20/h6-10,21H,4-5,11-18H2,1-3H3. The first-order chi connectivity index (χ1) is 16.0. The molecule has 2 aliphatic rings. The Morgan fingerprint density at radius 2 is 1.76 bits per heavy atom. The van der Waals surface area contributed by atoms with Crippen LogP contribution in [0.5, 0.6) is 0 Å². The molecule has 1 saturated heterocycles. The molecule has 2 amide bonds. The zero-order chi connectivity index (χ0) is 23.4. The van der Waals surface area contributed by atoms with E-state index < -0.39 is 0 Å². The van der Waals surface area contributed by atoms with Crippen LogP contribution in [0.3, 0.4) is 0 Å². The maximum atomic E-state index is 12.8. The van der Waals surface area contributed by atoms with Gasteiger partial charge < -0.3 is 4.90 Å². The molecular formula is C26H35N5O2. The number of carbonyl (C=O) groups is 2. The maximum absolute atomic E-state index is 12.8. The summed E-state index contributed by atoms with van der Waals surface area (Å²) in [6, 6.07) is 10.1. The molecule has 0 N–H and O–H groups in total. The van der Waals surface area contributed by atoms with Gasteiger partial charge in [-0.1, -0.05) is 44.2 Å². The van der Waals surface area contributed by atoms with E-state index in [9.17, 15) is 9.59 Å². The summed E-state index contributed by atoms with van der Waals surface area (Å²) in [7, 11) is 0. The normalized spacial score (nSPS) is 16.9. The Hall–Kier alpha value is -2.80. The van der Waals surface area contributed by atoms with Crippen LogP contribution in [0.2, 0.25) is 0 Å². The average Bonchev–Trinajstić information content (AvgIpc) is 2.84. The summed E-state index contributed by atoms with van der Waals surface area (Å²) in [5, 5.41) is 0. The lowest BCUT2D eigenvalue weighted by Crippen LogP contribution is -2.44. The van der Waals surface area contributed by atoms with Gasteiger partial charge in [0, 0.05) is 36.7 Å². The van der Waals surface area contributed by atoms with Gasteiger partial charge in [0.05, 0.1) is 13.1 Å². The van der Waals surface area contributed by atoms with Crippen LogP contribution in [0.25, 0.3) is 0 Å². The number of nitrogens with zero attached hydrogens (tertiary/aromatic N) is 5. The van der Waals surface area contributed by atoms with E-state index in [0.29, 0.717) is 25.9 Å². The topological polar surface area (TPSA) is 69.6 Å². The molecule has 0 unspecified atom stereocenters. The van der Waals surface area contributed by atoms with Crippen LogP contribution in [0.1, 0.15) is 61.7 Å². The van der Waals surface area contributed by atoms with Crippen molar-refractivity contribution < 1.29 is 9.59 Å². The van der Waals surface area contributed by atoms with E-state index >= 15 is 0 Å². The molecule has 0 spiro atoms. The van der Waals surface area contributed by atoms with Crippen molar-refractivity contribution in [1.82, 2.24) is 19.8 Å². The van der Waals surface area contributed by atoms with Crippen molar-refractivity contribution in [3.63, 3.8) is 0 Å². The number of amides is 2. The minimum Gasteiger partial charge on any atom is -0.342 e. The Balaban J connectivity index is 1.49. The first-order valence-corrected chi connectivity index (χ1v) is 12.2. The third kappa shape index (κ3) is 5.24. The van der Waals surface area contributed by atoms with Crippen molar-refractivity contribution in [2.45, 2.75) is 58.9 Å². The number of piperidine rings is 1. The Bertz CT molecular complexity index is 982. The van der Waals surface area contributed by atoms with Crippen LogP contribution < -0.4 is 4.90 Å². The molecule has 0 radical (unpaired) electrons. The van der Waals surface area contributed by atoms with Gasteiger partial charge in [-0.15, -0.1) is 0 Å². The van der Waals surface area contributed by atoms with Gasteiger partial charge in [0.25, 0.3) is 0 Å². The molecule has 1 fully saturated rings. The fourth-order valence-electron chi connectivity index (χ4n) is 4.84. The summed E-state index contributed by atoms with van der Waals surface area (Å²) in [4.78, 5) is 41.3. The van der Waals surface area contributed by atoms with Gasteiger partial charge >= 0.3 is 0 Å². The van der Waals surface area contributed by atoms with Crippen LogP contribution in [0, 0.1) is 6.92 Å². The Kier molecular flexibility index (Phi) is 7.38. The van der Waals surface area contributed by atoms with Crippen LogP contribution >= 0.6 is 0 Å². The SMILES string of the molecule is CCN(CC)CC(=O)N1CCC(c2nc(C)c3c(n2)N(Cc2ccccc2)C(=O)CC3)CC1. The molecule has 4 rings (SSSR count). The summed E-state index contributed by atoms with van der Waals surface area (Å²) in [5.41, 5.74) is 3.15. The fraction of sp³-hybridized carbons (Fsp3) is 0.538. The maximum Gasteiger partial charge on any atom is 0.236 e.